The number of halogens is 2. The number of amides is 2. The number of carbonyl (C=O) groups is 2. The van der Waals surface area contributed by atoms with Crippen LogP contribution in [0, 0.1) is 17.0 Å². The second-order valence-electron chi connectivity index (χ2n) is 6.87. The fourth-order valence-corrected chi connectivity index (χ4v) is 2.76. The van der Waals surface area contributed by atoms with Crippen LogP contribution in [0.4, 0.5) is 14.5 Å². The van der Waals surface area contributed by atoms with Crippen molar-refractivity contribution in [2.24, 2.45) is 5.41 Å². The van der Waals surface area contributed by atoms with E-state index in [1.54, 1.807) is 0 Å². The van der Waals surface area contributed by atoms with Crippen LogP contribution < -0.4 is 10.6 Å². The molecule has 1 aromatic rings. The Morgan fingerprint density at radius 3 is 2.25 bits per heavy atom. The largest absolute Gasteiger partial charge is 0.352 e. The van der Waals surface area contributed by atoms with Crippen molar-refractivity contribution in [2.45, 2.75) is 58.4 Å². The molecule has 0 radical (unpaired) electrons. The van der Waals surface area contributed by atoms with Gasteiger partial charge in [0.05, 0.1) is 5.69 Å². The molecule has 4 nitrogen and oxygen atoms in total. The second-order valence-corrected chi connectivity index (χ2v) is 6.87. The van der Waals surface area contributed by atoms with Gasteiger partial charge in [-0.2, -0.15) is 0 Å². The van der Waals surface area contributed by atoms with E-state index in [0.29, 0.717) is 6.07 Å². The van der Waals surface area contributed by atoms with Crippen LogP contribution in [0.5, 0.6) is 0 Å². The lowest BCUT2D eigenvalue weighted by atomic mass is 9.90. The average Bonchev–Trinajstić information content (AvgIpc) is 2.78. The monoisotopic (exact) mass is 338 g/mol. The Morgan fingerprint density at radius 1 is 1.04 bits per heavy atom. The number of nitrogens with one attached hydrogen (secondary N) is 2. The molecule has 0 spiro atoms. The van der Waals surface area contributed by atoms with E-state index in [9.17, 15) is 18.4 Å². The molecule has 1 aromatic carbocycles. The molecule has 0 aromatic heterocycles. The molecule has 0 bridgehead atoms. The number of carbonyl (C=O) groups excluding carboxylic acids is 2. The lowest BCUT2D eigenvalue weighted by Crippen LogP contribution is -2.48. The molecular weight excluding hydrogens is 314 g/mol. The van der Waals surface area contributed by atoms with Crippen LogP contribution in [-0.2, 0) is 9.59 Å². The molecule has 1 fully saturated rings. The zero-order valence-corrected chi connectivity index (χ0v) is 14.1. The first-order chi connectivity index (χ1) is 11.3. The molecule has 0 aliphatic heterocycles. The molecule has 2 amide bonds. The van der Waals surface area contributed by atoms with Crippen molar-refractivity contribution < 1.29 is 18.4 Å². The Balaban J connectivity index is 2.01. The van der Waals surface area contributed by atoms with Crippen LogP contribution in [0.25, 0.3) is 0 Å². The summed E-state index contributed by atoms with van der Waals surface area (Å²) >= 11 is 0. The summed E-state index contributed by atoms with van der Waals surface area (Å²) in [4.78, 5) is 24.9. The van der Waals surface area contributed by atoms with Gasteiger partial charge in [0.2, 0.25) is 11.8 Å². The van der Waals surface area contributed by atoms with Crippen molar-refractivity contribution in [2.75, 3.05) is 5.32 Å². The summed E-state index contributed by atoms with van der Waals surface area (Å²) in [5, 5.41) is 5.30. The Labute approximate surface area is 141 Å². The molecule has 0 unspecified atom stereocenters. The first-order valence-corrected chi connectivity index (χ1v) is 8.38. The van der Waals surface area contributed by atoms with Gasteiger partial charge >= 0.3 is 0 Å². The fourth-order valence-electron chi connectivity index (χ4n) is 2.76. The van der Waals surface area contributed by atoms with Crippen LogP contribution in [0.3, 0.4) is 0 Å². The van der Waals surface area contributed by atoms with Gasteiger partial charge in [-0.05, 0) is 38.8 Å². The van der Waals surface area contributed by atoms with Crippen LogP contribution in [0.15, 0.2) is 18.2 Å². The lowest BCUT2D eigenvalue weighted by Gasteiger charge is -2.26. The molecular formula is C18H24F2N2O2. The van der Waals surface area contributed by atoms with Crippen LogP contribution >= 0.6 is 0 Å². The summed E-state index contributed by atoms with van der Waals surface area (Å²) in [6.45, 7) is 2.99. The minimum atomic E-state index is -1.35. The number of hydrogen-bond donors (Lipinski definition) is 2. The van der Waals surface area contributed by atoms with E-state index < -0.39 is 23.0 Å². The van der Waals surface area contributed by atoms with E-state index in [4.69, 9.17) is 0 Å². The van der Waals surface area contributed by atoms with E-state index in [1.807, 2.05) is 0 Å². The number of anilines is 1. The fraction of sp³-hybridized carbons (Fsp3) is 0.556. The third-order valence-electron chi connectivity index (χ3n) is 4.51. The minimum absolute atomic E-state index is 0.0784. The molecule has 2 rings (SSSR count). The summed E-state index contributed by atoms with van der Waals surface area (Å²) in [6, 6.07) is 2.96. The number of benzene rings is 1. The van der Waals surface area contributed by atoms with E-state index >= 15 is 0 Å². The van der Waals surface area contributed by atoms with Crippen LogP contribution in [0.2, 0.25) is 0 Å². The van der Waals surface area contributed by atoms with Crippen LogP contribution in [-0.4, -0.2) is 17.9 Å². The minimum Gasteiger partial charge on any atom is -0.352 e. The Hall–Kier alpha value is -1.98. The van der Waals surface area contributed by atoms with E-state index in [0.717, 1.165) is 37.8 Å². The van der Waals surface area contributed by atoms with Gasteiger partial charge in [-0.25, -0.2) is 8.78 Å². The molecule has 1 aliphatic rings. The summed E-state index contributed by atoms with van der Waals surface area (Å²) in [6.07, 6.45) is 6.29. The Kier molecular flexibility index (Phi) is 5.91. The normalized spacial score (nSPS) is 16.3. The van der Waals surface area contributed by atoms with Gasteiger partial charge in [0.1, 0.15) is 17.0 Å². The summed E-state index contributed by atoms with van der Waals surface area (Å²) in [5.41, 5.74) is -1.50. The predicted octanol–water partition coefficient (Wildman–Crippen LogP) is 3.77. The van der Waals surface area contributed by atoms with Gasteiger partial charge in [0.15, 0.2) is 0 Å². The molecule has 1 saturated carbocycles. The first-order valence-electron chi connectivity index (χ1n) is 8.38. The molecule has 1 aliphatic carbocycles. The zero-order chi connectivity index (χ0) is 17.7. The Bertz CT molecular complexity index is 609. The molecule has 0 atom stereocenters. The quantitative estimate of drug-likeness (QED) is 0.648. The third kappa shape index (κ3) is 4.52. The van der Waals surface area contributed by atoms with Gasteiger partial charge in [-0.1, -0.05) is 25.7 Å². The van der Waals surface area contributed by atoms with Gasteiger partial charge in [-0.15, -0.1) is 0 Å². The van der Waals surface area contributed by atoms with Crippen molar-refractivity contribution in [1.82, 2.24) is 5.32 Å². The smallest absolute Gasteiger partial charge is 0.239 e. The number of hydrogen-bond acceptors (Lipinski definition) is 2. The molecule has 2 N–H and O–H groups in total. The maximum atomic E-state index is 13.7. The van der Waals surface area contributed by atoms with Crippen molar-refractivity contribution in [3.8, 4) is 0 Å². The van der Waals surface area contributed by atoms with E-state index in [-0.39, 0.29) is 17.6 Å². The Morgan fingerprint density at radius 2 is 1.67 bits per heavy atom. The molecule has 132 valence electrons. The van der Waals surface area contributed by atoms with E-state index in [1.165, 1.54) is 26.7 Å². The molecule has 0 heterocycles. The van der Waals surface area contributed by atoms with Gasteiger partial charge < -0.3 is 10.6 Å². The second kappa shape index (κ2) is 7.73. The SMILES string of the molecule is CC(C)(C(=O)Nc1ccc(F)cc1F)C(=O)NC1CCCCCC1. The van der Waals surface area contributed by atoms with Crippen molar-refractivity contribution in [3.63, 3.8) is 0 Å². The first kappa shape index (κ1) is 18.4. The maximum absolute atomic E-state index is 13.7. The highest BCUT2D eigenvalue weighted by Crippen LogP contribution is 2.23. The maximum Gasteiger partial charge on any atom is 0.239 e. The van der Waals surface area contributed by atoms with Crippen molar-refractivity contribution >= 4 is 17.5 Å². The molecule has 0 saturated heterocycles. The highest BCUT2D eigenvalue weighted by Gasteiger charge is 2.37. The van der Waals surface area contributed by atoms with Gasteiger partial charge in [-0.3, -0.25) is 9.59 Å². The average molecular weight is 338 g/mol. The summed E-state index contributed by atoms with van der Waals surface area (Å²) < 4.78 is 26.6. The van der Waals surface area contributed by atoms with Gasteiger partial charge in [0.25, 0.3) is 0 Å². The zero-order valence-electron chi connectivity index (χ0n) is 14.1. The third-order valence-corrected chi connectivity index (χ3v) is 4.51. The highest BCUT2D eigenvalue weighted by atomic mass is 19.1. The molecule has 24 heavy (non-hydrogen) atoms. The summed E-state index contributed by atoms with van der Waals surface area (Å²) in [7, 11) is 0. The highest BCUT2D eigenvalue weighted by molar-refractivity contribution is 6.09. The summed E-state index contributed by atoms with van der Waals surface area (Å²) in [5.74, 6) is -2.60. The predicted molar refractivity (Wildman–Crippen MR) is 88.4 cm³/mol. The van der Waals surface area contributed by atoms with Crippen molar-refractivity contribution in [1.29, 1.82) is 0 Å². The topological polar surface area (TPSA) is 58.2 Å². The van der Waals surface area contributed by atoms with Gasteiger partial charge in [0, 0.05) is 12.1 Å². The van der Waals surface area contributed by atoms with Crippen LogP contribution in [0.1, 0.15) is 52.4 Å². The van der Waals surface area contributed by atoms with E-state index in [2.05, 4.69) is 10.6 Å². The molecule has 6 heteroatoms. The number of rotatable bonds is 4. The van der Waals surface area contributed by atoms with Crippen molar-refractivity contribution in [3.05, 3.63) is 29.8 Å². The standard InChI is InChI=1S/C18H24F2N2O2/c1-18(2,16(23)21-13-7-5-3-4-6-8-13)17(24)22-15-10-9-12(19)11-14(15)20/h9-11,13H,3-8H2,1-2H3,(H,21,23)(H,22,24). The lowest BCUT2D eigenvalue weighted by molar-refractivity contribution is -0.138.